The number of fused-ring (bicyclic) bond motifs is 1. The van der Waals surface area contributed by atoms with Gasteiger partial charge in [0.05, 0.1) is 12.5 Å². The van der Waals surface area contributed by atoms with Gasteiger partial charge in [-0.25, -0.2) is 9.78 Å². The first-order valence-electron chi connectivity index (χ1n) is 8.08. The normalized spacial score (nSPS) is 26.8. The van der Waals surface area contributed by atoms with E-state index in [0.29, 0.717) is 23.6 Å². The molecule has 1 aliphatic heterocycles. The molecule has 1 aliphatic carbocycles. The quantitative estimate of drug-likeness (QED) is 0.818. The summed E-state index contributed by atoms with van der Waals surface area (Å²) in [5.74, 6) is -1.84. The number of esters is 1. The Hall–Kier alpha value is -1.68. The Morgan fingerprint density at radius 2 is 2.24 bits per heavy atom. The van der Waals surface area contributed by atoms with Gasteiger partial charge in [-0.2, -0.15) is 23.3 Å². The van der Waals surface area contributed by atoms with E-state index < -0.39 is 23.8 Å². The Balaban J connectivity index is 1.99. The van der Waals surface area contributed by atoms with Crippen LogP contribution in [0.15, 0.2) is 10.5 Å². The molecule has 1 aromatic rings. The molecular weight excluding hydrogens is 359 g/mol. The van der Waals surface area contributed by atoms with E-state index in [1.54, 1.807) is 6.92 Å². The van der Waals surface area contributed by atoms with E-state index in [1.807, 2.05) is 0 Å². The van der Waals surface area contributed by atoms with E-state index in [-0.39, 0.29) is 23.9 Å². The number of rotatable bonds is 3. The smallest absolute Gasteiger partial charge is 0.439 e. The molecule has 1 fully saturated rings. The van der Waals surface area contributed by atoms with Gasteiger partial charge in [0.25, 0.3) is 5.72 Å². The Morgan fingerprint density at radius 3 is 2.92 bits per heavy atom. The fourth-order valence-electron chi connectivity index (χ4n) is 3.24. The molecule has 1 N–H and O–H groups in total. The van der Waals surface area contributed by atoms with Gasteiger partial charge in [-0.15, -0.1) is 11.3 Å². The number of ether oxygens (including phenoxy) is 1. The maximum absolute atomic E-state index is 13.8. The fraction of sp³-hybridized carbons (Fsp3) is 0.667. The van der Waals surface area contributed by atoms with Crippen LogP contribution in [0.3, 0.4) is 0 Å². The second kappa shape index (κ2) is 6.56. The highest BCUT2D eigenvalue weighted by atomic mass is 32.1. The Labute approximate surface area is 146 Å². The van der Waals surface area contributed by atoms with Gasteiger partial charge in [0.15, 0.2) is 5.69 Å². The van der Waals surface area contributed by atoms with Gasteiger partial charge < -0.3 is 9.84 Å². The molecule has 138 valence electrons. The molecule has 0 unspecified atom stereocenters. The summed E-state index contributed by atoms with van der Waals surface area (Å²) in [6, 6.07) is 0. The summed E-state index contributed by atoms with van der Waals surface area (Å²) in [7, 11) is 0. The van der Waals surface area contributed by atoms with Gasteiger partial charge in [-0.05, 0) is 26.2 Å². The maximum atomic E-state index is 13.8. The van der Waals surface area contributed by atoms with Crippen LogP contribution in [0.4, 0.5) is 18.3 Å². The summed E-state index contributed by atoms with van der Waals surface area (Å²) < 4.78 is 46.2. The van der Waals surface area contributed by atoms with Crippen molar-refractivity contribution in [2.45, 2.75) is 50.9 Å². The number of hydrazone groups is 1. The van der Waals surface area contributed by atoms with E-state index in [9.17, 15) is 23.1 Å². The Bertz CT molecular complexity index is 691. The molecule has 2 atom stereocenters. The van der Waals surface area contributed by atoms with Gasteiger partial charge in [0.1, 0.15) is 0 Å². The minimum atomic E-state index is -4.91. The second-order valence-corrected chi connectivity index (χ2v) is 6.85. The molecule has 0 radical (unpaired) electrons. The highest BCUT2D eigenvalue weighted by molar-refractivity contribution is 7.14. The lowest BCUT2D eigenvalue weighted by Crippen LogP contribution is -2.60. The Morgan fingerprint density at radius 1 is 1.48 bits per heavy atom. The van der Waals surface area contributed by atoms with Gasteiger partial charge in [0.2, 0.25) is 5.13 Å². The summed E-state index contributed by atoms with van der Waals surface area (Å²) in [6.45, 7) is 1.75. The predicted octanol–water partition coefficient (Wildman–Crippen LogP) is 3.33. The van der Waals surface area contributed by atoms with Crippen LogP contribution in [-0.2, 0) is 4.74 Å². The monoisotopic (exact) mass is 377 g/mol. The van der Waals surface area contributed by atoms with Crippen molar-refractivity contribution in [1.82, 2.24) is 4.98 Å². The first-order chi connectivity index (χ1) is 11.8. The lowest BCUT2D eigenvalue weighted by Gasteiger charge is -2.36. The largest absolute Gasteiger partial charge is 0.461 e. The number of carbonyl (C=O) groups excluding carboxylic acids is 1. The summed E-state index contributed by atoms with van der Waals surface area (Å²) in [5.41, 5.74) is -2.90. The summed E-state index contributed by atoms with van der Waals surface area (Å²) in [4.78, 5) is 15.6. The molecule has 0 spiro atoms. The molecular formula is C15H18F3N3O3S. The summed E-state index contributed by atoms with van der Waals surface area (Å²) in [6.07, 6.45) is -2.14. The number of anilines is 1. The summed E-state index contributed by atoms with van der Waals surface area (Å²) in [5, 5.41) is 16.4. The predicted molar refractivity (Wildman–Crippen MR) is 85.6 cm³/mol. The van der Waals surface area contributed by atoms with Crippen molar-refractivity contribution in [2.24, 2.45) is 11.0 Å². The third-order valence-corrected chi connectivity index (χ3v) is 5.26. The molecule has 2 heterocycles. The average Bonchev–Trinajstić information content (AvgIpc) is 3.04. The number of aromatic nitrogens is 1. The third-order valence-electron chi connectivity index (χ3n) is 4.44. The van der Waals surface area contributed by atoms with Crippen LogP contribution in [0.5, 0.6) is 0 Å². The third kappa shape index (κ3) is 3.01. The van der Waals surface area contributed by atoms with Crippen molar-refractivity contribution in [1.29, 1.82) is 0 Å². The van der Waals surface area contributed by atoms with Crippen LogP contribution in [0, 0.1) is 5.92 Å². The minimum absolute atomic E-state index is 0.0985. The number of hydrogen-bond donors (Lipinski definition) is 1. The van der Waals surface area contributed by atoms with Gasteiger partial charge in [0, 0.05) is 11.1 Å². The minimum Gasteiger partial charge on any atom is -0.461 e. The first-order valence-corrected chi connectivity index (χ1v) is 8.96. The van der Waals surface area contributed by atoms with Gasteiger partial charge >= 0.3 is 12.1 Å². The fourth-order valence-corrected chi connectivity index (χ4v) is 4.04. The molecule has 0 aromatic carbocycles. The van der Waals surface area contributed by atoms with Gasteiger partial charge in [-0.3, -0.25) is 0 Å². The van der Waals surface area contributed by atoms with Crippen molar-refractivity contribution in [3.8, 4) is 0 Å². The van der Waals surface area contributed by atoms with Crippen molar-refractivity contribution < 1.29 is 27.8 Å². The summed E-state index contributed by atoms with van der Waals surface area (Å²) >= 11 is 0.817. The zero-order valence-electron chi connectivity index (χ0n) is 13.5. The number of nitrogens with zero attached hydrogens (tertiary/aromatic N) is 3. The van der Waals surface area contributed by atoms with Crippen LogP contribution in [-0.4, -0.2) is 40.3 Å². The molecule has 0 bridgehead atoms. The second-order valence-electron chi connectivity index (χ2n) is 6.01. The number of carbonyl (C=O) groups is 1. The van der Waals surface area contributed by atoms with E-state index in [1.165, 1.54) is 5.38 Å². The number of hydrogen-bond acceptors (Lipinski definition) is 7. The van der Waals surface area contributed by atoms with Crippen LogP contribution in [0.25, 0.3) is 0 Å². The molecule has 1 aromatic heterocycles. The topological polar surface area (TPSA) is 75.0 Å². The zero-order valence-corrected chi connectivity index (χ0v) is 14.4. The van der Waals surface area contributed by atoms with E-state index in [2.05, 4.69) is 10.1 Å². The number of aliphatic hydroxyl groups is 1. The molecule has 25 heavy (non-hydrogen) atoms. The SMILES string of the molecule is CCOC(=O)c1csc(N2N=C3CCCCC[C@H]3[C@@]2(O)C(F)(F)F)n1. The molecule has 2 aliphatic rings. The molecule has 0 amide bonds. The van der Waals surface area contributed by atoms with Crippen molar-refractivity contribution in [3.63, 3.8) is 0 Å². The highest BCUT2D eigenvalue weighted by Crippen LogP contribution is 2.49. The zero-order chi connectivity index (χ0) is 18.2. The Kier molecular flexibility index (Phi) is 4.76. The van der Waals surface area contributed by atoms with E-state index >= 15 is 0 Å². The van der Waals surface area contributed by atoms with Crippen LogP contribution in [0.2, 0.25) is 0 Å². The van der Waals surface area contributed by atoms with Crippen molar-refractivity contribution in [3.05, 3.63) is 11.1 Å². The number of alkyl halides is 3. The van der Waals surface area contributed by atoms with Crippen LogP contribution < -0.4 is 5.01 Å². The standard InChI is InChI=1S/C15H18F3N3O3S/c1-2-24-12(22)11-8-25-13(19-11)21-14(23,15(16,17)18)9-6-4-3-5-7-10(9)20-21/h8-9,23H,2-7H2,1H3/t9-,14-/m1/s1. The van der Waals surface area contributed by atoms with Crippen LogP contribution in [0.1, 0.15) is 49.5 Å². The van der Waals surface area contributed by atoms with Crippen molar-refractivity contribution in [2.75, 3.05) is 11.6 Å². The molecule has 6 nitrogen and oxygen atoms in total. The lowest BCUT2D eigenvalue weighted by atomic mass is 9.87. The molecule has 3 rings (SSSR count). The average molecular weight is 377 g/mol. The molecule has 1 saturated carbocycles. The number of thiazole rings is 1. The van der Waals surface area contributed by atoms with Crippen molar-refractivity contribution >= 4 is 28.1 Å². The maximum Gasteiger partial charge on any atom is 0.439 e. The highest BCUT2D eigenvalue weighted by Gasteiger charge is 2.67. The first kappa shape index (κ1) is 18.1. The lowest BCUT2D eigenvalue weighted by molar-refractivity contribution is -0.268. The van der Waals surface area contributed by atoms with Crippen LogP contribution >= 0.6 is 11.3 Å². The molecule has 10 heteroatoms. The number of halogens is 3. The van der Waals surface area contributed by atoms with E-state index in [4.69, 9.17) is 4.74 Å². The van der Waals surface area contributed by atoms with E-state index in [0.717, 1.165) is 24.2 Å². The van der Waals surface area contributed by atoms with Gasteiger partial charge in [-0.1, -0.05) is 12.8 Å². The molecule has 0 saturated heterocycles.